The number of benzene rings is 8. The molecule has 4 heteroatoms. The summed E-state index contributed by atoms with van der Waals surface area (Å²) >= 11 is 0. The molecule has 8 aromatic carbocycles. The molecule has 10 rings (SSSR count). The third-order valence-electron chi connectivity index (χ3n) is 9.71. The van der Waals surface area contributed by atoms with Gasteiger partial charge in [-0.15, -0.1) is 0 Å². The topological polar surface area (TPSA) is 32.3 Å². The maximum atomic E-state index is 5.63. The van der Waals surface area contributed by atoms with E-state index >= 15 is 0 Å². The molecule has 0 saturated carbocycles. The van der Waals surface area contributed by atoms with Crippen LogP contribution in [0.2, 0.25) is 0 Å². The first kappa shape index (κ1) is 28.3. The van der Waals surface area contributed by atoms with Gasteiger partial charge in [-0.25, -0.2) is 9.97 Å². The summed E-state index contributed by atoms with van der Waals surface area (Å²) in [5.74, 6) is 0. The highest BCUT2D eigenvalue weighted by atomic mass is 15.2. The molecule has 0 spiro atoms. The van der Waals surface area contributed by atoms with Crippen molar-refractivity contribution in [1.82, 2.24) is 9.97 Å². The van der Waals surface area contributed by atoms with Crippen molar-refractivity contribution >= 4 is 66.7 Å². The van der Waals surface area contributed by atoms with Crippen LogP contribution in [0.1, 0.15) is 0 Å². The summed E-state index contributed by atoms with van der Waals surface area (Å²) < 4.78 is 0. The first-order valence-corrected chi connectivity index (χ1v) is 16.9. The molecule has 1 aliphatic carbocycles. The van der Waals surface area contributed by atoms with Gasteiger partial charge < -0.3 is 9.80 Å². The molecule has 9 aromatic rings. The van der Waals surface area contributed by atoms with Crippen molar-refractivity contribution in [2.75, 3.05) is 9.80 Å². The third-order valence-corrected chi connectivity index (χ3v) is 9.71. The van der Waals surface area contributed by atoms with Crippen LogP contribution in [0.4, 0.5) is 34.1 Å². The van der Waals surface area contributed by atoms with Crippen LogP contribution in [-0.4, -0.2) is 9.97 Å². The zero-order valence-electron chi connectivity index (χ0n) is 27.1. The second kappa shape index (κ2) is 11.4. The summed E-state index contributed by atoms with van der Waals surface area (Å²) in [5.41, 5.74) is 11.9. The molecule has 0 unspecified atom stereocenters. The van der Waals surface area contributed by atoms with Gasteiger partial charge in [0, 0.05) is 39.3 Å². The molecule has 0 saturated heterocycles. The molecule has 0 fully saturated rings. The number of rotatable bonds is 6. The Morgan fingerprint density at radius 2 is 0.760 bits per heavy atom. The Bertz CT molecular complexity index is 2660. The fourth-order valence-electron chi connectivity index (χ4n) is 7.48. The number of anilines is 6. The Hall–Kier alpha value is -6.78. The van der Waals surface area contributed by atoms with Gasteiger partial charge in [0.2, 0.25) is 0 Å². The van der Waals surface area contributed by atoms with Crippen LogP contribution in [-0.2, 0) is 0 Å². The van der Waals surface area contributed by atoms with E-state index < -0.39 is 0 Å². The highest BCUT2D eigenvalue weighted by Crippen LogP contribution is 2.50. The molecule has 0 N–H and O–H groups in total. The number of aromatic nitrogens is 2. The number of fused-ring (bicyclic) bond motifs is 5. The van der Waals surface area contributed by atoms with E-state index in [9.17, 15) is 0 Å². The minimum atomic E-state index is 0.833. The van der Waals surface area contributed by atoms with E-state index in [2.05, 4.69) is 192 Å². The van der Waals surface area contributed by atoms with Crippen LogP contribution in [0.3, 0.4) is 0 Å². The molecule has 0 aliphatic heterocycles. The van der Waals surface area contributed by atoms with Gasteiger partial charge in [0.15, 0.2) is 0 Å². The van der Waals surface area contributed by atoms with Crippen LogP contribution < -0.4 is 9.80 Å². The van der Waals surface area contributed by atoms with Gasteiger partial charge in [0.25, 0.3) is 0 Å². The minimum Gasteiger partial charge on any atom is -0.308 e. The lowest BCUT2D eigenvalue weighted by atomic mass is 10.0. The molecular formula is C46H30N4. The predicted octanol–water partition coefficient (Wildman–Crippen LogP) is 12.5. The number of hydrogen-bond acceptors (Lipinski definition) is 4. The van der Waals surface area contributed by atoms with Gasteiger partial charge in [-0.05, 0) is 76.8 Å². The Balaban J connectivity index is 1.31. The van der Waals surface area contributed by atoms with E-state index in [1.165, 1.54) is 21.5 Å². The quantitative estimate of drug-likeness (QED) is 0.181. The number of hydrogen-bond donors (Lipinski definition) is 0. The predicted molar refractivity (Wildman–Crippen MR) is 208 cm³/mol. The number of para-hydroxylation sites is 3. The second-order valence-electron chi connectivity index (χ2n) is 12.6. The Labute approximate surface area is 290 Å². The van der Waals surface area contributed by atoms with Gasteiger partial charge in [-0.1, -0.05) is 121 Å². The third kappa shape index (κ3) is 4.46. The van der Waals surface area contributed by atoms with Crippen molar-refractivity contribution in [3.05, 3.63) is 182 Å². The van der Waals surface area contributed by atoms with E-state index in [0.717, 1.165) is 67.7 Å². The average Bonchev–Trinajstić information content (AvgIpc) is 3.50. The van der Waals surface area contributed by atoms with Crippen LogP contribution in [0.15, 0.2) is 182 Å². The lowest BCUT2D eigenvalue weighted by molar-refractivity contribution is 1.23. The largest absolute Gasteiger partial charge is 0.308 e. The van der Waals surface area contributed by atoms with E-state index in [0.29, 0.717) is 0 Å². The summed E-state index contributed by atoms with van der Waals surface area (Å²) in [7, 11) is 0. The van der Waals surface area contributed by atoms with Crippen molar-refractivity contribution in [1.29, 1.82) is 0 Å². The maximum absolute atomic E-state index is 5.63. The fourth-order valence-corrected chi connectivity index (χ4v) is 7.48. The van der Waals surface area contributed by atoms with Gasteiger partial charge in [0.05, 0.1) is 22.8 Å². The van der Waals surface area contributed by atoms with Crippen LogP contribution in [0, 0.1) is 0 Å². The first-order chi connectivity index (χ1) is 24.8. The van der Waals surface area contributed by atoms with Crippen molar-refractivity contribution in [3.8, 4) is 22.5 Å². The maximum Gasteiger partial charge on any atom is 0.116 e. The average molecular weight is 639 g/mol. The molecule has 50 heavy (non-hydrogen) atoms. The highest BCUT2D eigenvalue weighted by Gasteiger charge is 2.29. The number of nitrogens with zero attached hydrogens (tertiary/aromatic N) is 4. The lowest BCUT2D eigenvalue weighted by Gasteiger charge is -2.30. The smallest absolute Gasteiger partial charge is 0.116 e. The van der Waals surface area contributed by atoms with Crippen molar-refractivity contribution in [2.24, 2.45) is 0 Å². The summed E-state index contributed by atoms with van der Waals surface area (Å²) in [6.45, 7) is 0. The molecule has 234 valence electrons. The monoisotopic (exact) mass is 638 g/mol. The van der Waals surface area contributed by atoms with Gasteiger partial charge >= 0.3 is 0 Å². The fraction of sp³-hybridized carbons (Fsp3) is 0. The normalized spacial score (nSPS) is 11.6. The minimum absolute atomic E-state index is 0.833. The Kier molecular flexibility index (Phi) is 6.46. The van der Waals surface area contributed by atoms with Crippen molar-refractivity contribution < 1.29 is 0 Å². The van der Waals surface area contributed by atoms with Crippen LogP contribution in [0.5, 0.6) is 0 Å². The standard InChI is InChI=1S/C46H30N4/c1-4-18-34(19-5-1)49(35-20-6-2-7-21-35)40-28-29-41(50(36-22-8-3-9-23-36)37-27-26-31-14-10-11-15-33(31)30-37)46-45(40)47-43-38-24-12-16-32-17-13-25-39(42(32)38)44(43)48-46/h1-30H. The SMILES string of the molecule is c1ccc(N(c2ccccc2)c2ccc(N(c3ccccc3)c3ccc4ccccc4c3)c3nc4c(nc23)-c2cccc3cccc-4c23)cc1. The summed E-state index contributed by atoms with van der Waals surface area (Å²) in [6, 6.07) is 64.1. The van der Waals surface area contributed by atoms with Gasteiger partial charge in [0.1, 0.15) is 11.0 Å². The van der Waals surface area contributed by atoms with E-state index in [1.807, 2.05) is 0 Å². The Morgan fingerprint density at radius 1 is 0.320 bits per heavy atom. The lowest BCUT2D eigenvalue weighted by Crippen LogP contribution is -2.14. The molecule has 1 aromatic heterocycles. The van der Waals surface area contributed by atoms with E-state index in [-0.39, 0.29) is 0 Å². The molecule has 1 aliphatic rings. The molecule has 0 atom stereocenters. The van der Waals surface area contributed by atoms with E-state index in [4.69, 9.17) is 9.97 Å². The molecule has 0 radical (unpaired) electrons. The van der Waals surface area contributed by atoms with Crippen molar-refractivity contribution in [3.63, 3.8) is 0 Å². The van der Waals surface area contributed by atoms with E-state index in [1.54, 1.807) is 0 Å². The summed E-state index contributed by atoms with van der Waals surface area (Å²) in [5, 5.41) is 4.79. The molecular weight excluding hydrogens is 609 g/mol. The molecule has 0 bridgehead atoms. The van der Waals surface area contributed by atoms with Crippen molar-refractivity contribution in [2.45, 2.75) is 0 Å². The zero-order valence-corrected chi connectivity index (χ0v) is 27.1. The summed E-state index contributed by atoms with van der Waals surface area (Å²) in [6.07, 6.45) is 0. The van der Waals surface area contributed by atoms with Gasteiger partial charge in [-0.3, -0.25) is 0 Å². The highest BCUT2D eigenvalue weighted by molar-refractivity contribution is 6.16. The molecule has 0 amide bonds. The molecule has 4 nitrogen and oxygen atoms in total. The first-order valence-electron chi connectivity index (χ1n) is 16.9. The van der Waals surface area contributed by atoms with Crippen LogP contribution in [0.25, 0.3) is 55.1 Å². The second-order valence-corrected chi connectivity index (χ2v) is 12.6. The van der Waals surface area contributed by atoms with Gasteiger partial charge in [-0.2, -0.15) is 0 Å². The Morgan fingerprint density at radius 3 is 1.28 bits per heavy atom. The zero-order chi connectivity index (χ0) is 33.0. The van der Waals surface area contributed by atoms with Crippen LogP contribution >= 0.6 is 0 Å². The molecule has 1 heterocycles. The summed E-state index contributed by atoms with van der Waals surface area (Å²) in [4.78, 5) is 15.9.